The SMILES string of the molecule is N=C(N)c1ccc2c(c1)C(CCNC(=O)c1ccc(CCCN)cc1)CO2. The van der Waals surface area contributed by atoms with Gasteiger partial charge in [-0.1, -0.05) is 12.1 Å². The molecule has 0 fully saturated rings. The Bertz CT molecular complexity index is 817. The van der Waals surface area contributed by atoms with Crippen molar-refractivity contribution in [2.75, 3.05) is 19.7 Å². The third-order valence-corrected chi connectivity index (χ3v) is 4.86. The van der Waals surface area contributed by atoms with Gasteiger partial charge in [0, 0.05) is 29.2 Å². The van der Waals surface area contributed by atoms with Crippen molar-refractivity contribution in [3.63, 3.8) is 0 Å². The number of nitrogens with one attached hydrogen (secondary N) is 2. The Morgan fingerprint density at radius 1 is 1.19 bits per heavy atom. The van der Waals surface area contributed by atoms with Crippen LogP contribution in [0, 0.1) is 5.41 Å². The molecule has 1 unspecified atom stereocenters. The van der Waals surface area contributed by atoms with Gasteiger partial charge >= 0.3 is 0 Å². The van der Waals surface area contributed by atoms with E-state index in [2.05, 4.69) is 5.32 Å². The Hall–Kier alpha value is -2.86. The molecule has 0 spiro atoms. The predicted molar refractivity (Wildman–Crippen MR) is 106 cm³/mol. The zero-order valence-electron chi connectivity index (χ0n) is 15.3. The van der Waals surface area contributed by atoms with Crippen LogP contribution >= 0.6 is 0 Å². The van der Waals surface area contributed by atoms with Crippen molar-refractivity contribution in [2.24, 2.45) is 11.5 Å². The lowest BCUT2D eigenvalue weighted by Crippen LogP contribution is -2.26. The van der Waals surface area contributed by atoms with Crippen LogP contribution in [0.25, 0.3) is 0 Å². The van der Waals surface area contributed by atoms with E-state index >= 15 is 0 Å². The molecule has 1 atom stereocenters. The van der Waals surface area contributed by atoms with Crippen LogP contribution in [-0.4, -0.2) is 31.4 Å². The molecule has 142 valence electrons. The molecule has 6 heteroatoms. The number of nitrogens with two attached hydrogens (primary N) is 2. The maximum absolute atomic E-state index is 12.3. The van der Waals surface area contributed by atoms with Crippen molar-refractivity contribution in [1.82, 2.24) is 5.32 Å². The second kappa shape index (κ2) is 8.68. The van der Waals surface area contributed by atoms with E-state index in [1.165, 1.54) is 5.56 Å². The lowest BCUT2D eigenvalue weighted by atomic mass is 9.96. The molecule has 0 radical (unpaired) electrons. The minimum Gasteiger partial charge on any atom is -0.493 e. The van der Waals surface area contributed by atoms with Gasteiger partial charge in [-0.05, 0) is 61.7 Å². The summed E-state index contributed by atoms with van der Waals surface area (Å²) < 4.78 is 5.70. The summed E-state index contributed by atoms with van der Waals surface area (Å²) in [6.07, 6.45) is 2.65. The molecule has 2 aromatic rings. The van der Waals surface area contributed by atoms with Gasteiger partial charge in [0.1, 0.15) is 11.6 Å². The fraction of sp³-hybridized carbons (Fsp3) is 0.333. The molecule has 0 bridgehead atoms. The first-order chi connectivity index (χ1) is 13.1. The van der Waals surface area contributed by atoms with Crippen LogP contribution < -0.4 is 21.5 Å². The summed E-state index contributed by atoms with van der Waals surface area (Å²) in [5, 5.41) is 10.6. The van der Waals surface area contributed by atoms with Gasteiger partial charge in [-0.3, -0.25) is 10.2 Å². The number of aryl methyl sites for hydroxylation is 1. The summed E-state index contributed by atoms with van der Waals surface area (Å²) in [7, 11) is 0. The lowest BCUT2D eigenvalue weighted by molar-refractivity contribution is 0.0952. The molecular formula is C21H26N4O2. The van der Waals surface area contributed by atoms with E-state index in [-0.39, 0.29) is 17.7 Å². The van der Waals surface area contributed by atoms with E-state index in [4.69, 9.17) is 21.6 Å². The average Bonchev–Trinajstić information content (AvgIpc) is 3.09. The Kier molecular flexibility index (Phi) is 6.08. The molecule has 1 amide bonds. The van der Waals surface area contributed by atoms with Gasteiger partial charge in [0.15, 0.2) is 0 Å². The normalized spacial score (nSPS) is 15.1. The van der Waals surface area contributed by atoms with Crippen LogP contribution in [0.15, 0.2) is 42.5 Å². The number of amides is 1. The largest absolute Gasteiger partial charge is 0.493 e. The summed E-state index contributed by atoms with van der Waals surface area (Å²) in [4.78, 5) is 12.3. The second-order valence-electron chi connectivity index (χ2n) is 6.81. The number of hydrogen-bond acceptors (Lipinski definition) is 4. The molecule has 27 heavy (non-hydrogen) atoms. The number of carbonyl (C=O) groups is 1. The highest BCUT2D eigenvalue weighted by Gasteiger charge is 2.24. The summed E-state index contributed by atoms with van der Waals surface area (Å²) in [5.74, 6) is 1.01. The number of fused-ring (bicyclic) bond motifs is 1. The fourth-order valence-electron chi connectivity index (χ4n) is 3.28. The minimum atomic E-state index is -0.0722. The highest BCUT2D eigenvalue weighted by molar-refractivity contribution is 5.95. The summed E-state index contributed by atoms with van der Waals surface area (Å²) in [5.41, 5.74) is 14.7. The van der Waals surface area contributed by atoms with E-state index in [1.54, 1.807) is 6.07 Å². The third kappa shape index (κ3) is 4.65. The Morgan fingerprint density at radius 2 is 1.93 bits per heavy atom. The van der Waals surface area contributed by atoms with E-state index in [1.807, 2.05) is 36.4 Å². The van der Waals surface area contributed by atoms with Crippen molar-refractivity contribution >= 4 is 11.7 Å². The first-order valence-electron chi connectivity index (χ1n) is 9.27. The van der Waals surface area contributed by atoms with Gasteiger partial charge in [-0.2, -0.15) is 0 Å². The van der Waals surface area contributed by atoms with Crippen LogP contribution in [-0.2, 0) is 6.42 Å². The average molecular weight is 366 g/mol. The molecular weight excluding hydrogens is 340 g/mol. The fourth-order valence-corrected chi connectivity index (χ4v) is 3.28. The quantitative estimate of drug-likeness (QED) is 0.423. The maximum atomic E-state index is 12.3. The van der Waals surface area contributed by atoms with Gasteiger partial charge in [-0.25, -0.2) is 0 Å². The topological polar surface area (TPSA) is 114 Å². The molecule has 0 aromatic heterocycles. The van der Waals surface area contributed by atoms with Crippen LogP contribution in [0.3, 0.4) is 0 Å². The van der Waals surface area contributed by atoms with Crippen molar-refractivity contribution in [1.29, 1.82) is 5.41 Å². The first kappa shape index (κ1) is 18.9. The second-order valence-corrected chi connectivity index (χ2v) is 6.81. The van der Waals surface area contributed by atoms with Gasteiger partial charge in [0.25, 0.3) is 5.91 Å². The molecule has 2 aromatic carbocycles. The summed E-state index contributed by atoms with van der Waals surface area (Å²) >= 11 is 0. The lowest BCUT2D eigenvalue weighted by Gasteiger charge is -2.11. The number of nitrogen functional groups attached to an aromatic ring is 1. The molecule has 6 N–H and O–H groups in total. The van der Waals surface area contributed by atoms with E-state index in [0.29, 0.717) is 30.8 Å². The Balaban J connectivity index is 1.53. The number of benzene rings is 2. The molecule has 3 rings (SSSR count). The molecule has 1 aliphatic rings. The number of carbonyl (C=O) groups excluding carboxylic acids is 1. The Labute approximate surface area is 159 Å². The smallest absolute Gasteiger partial charge is 0.251 e. The molecule has 1 heterocycles. The minimum absolute atomic E-state index is 0.0478. The van der Waals surface area contributed by atoms with E-state index < -0.39 is 0 Å². The van der Waals surface area contributed by atoms with Crippen molar-refractivity contribution in [2.45, 2.75) is 25.2 Å². The molecule has 1 aliphatic heterocycles. The zero-order valence-corrected chi connectivity index (χ0v) is 15.3. The monoisotopic (exact) mass is 366 g/mol. The highest BCUT2D eigenvalue weighted by atomic mass is 16.5. The maximum Gasteiger partial charge on any atom is 0.251 e. The van der Waals surface area contributed by atoms with Crippen LogP contribution in [0.4, 0.5) is 0 Å². The van der Waals surface area contributed by atoms with Crippen molar-refractivity contribution in [3.8, 4) is 5.75 Å². The van der Waals surface area contributed by atoms with Gasteiger partial charge in [0.05, 0.1) is 6.61 Å². The summed E-state index contributed by atoms with van der Waals surface area (Å²) in [6, 6.07) is 13.2. The molecule has 6 nitrogen and oxygen atoms in total. The van der Waals surface area contributed by atoms with Gasteiger partial charge in [-0.15, -0.1) is 0 Å². The summed E-state index contributed by atoms with van der Waals surface area (Å²) in [6.45, 7) is 1.82. The number of hydrogen-bond donors (Lipinski definition) is 4. The molecule has 0 saturated heterocycles. The number of ether oxygens (including phenoxy) is 1. The van der Waals surface area contributed by atoms with Crippen molar-refractivity contribution in [3.05, 3.63) is 64.7 Å². The number of amidine groups is 1. The highest BCUT2D eigenvalue weighted by Crippen LogP contribution is 2.36. The zero-order chi connectivity index (χ0) is 19.2. The first-order valence-corrected chi connectivity index (χ1v) is 9.27. The van der Waals surface area contributed by atoms with Crippen LogP contribution in [0.2, 0.25) is 0 Å². The number of rotatable bonds is 8. The van der Waals surface area contributed by atoms with Crippen LogP contribution in [0.5, 0.6) is 5.75 Å². The molecule has 0 aliphatic carbocycles. The van der Waals surface area contributed by atoms with Gasteiger partial charge in [0.2, 0.25) is 0 Å². The van der Waals surface area contributed by atoms with E-state index in [0.717, 1.165) is 30.6 Å². The Morgan fingerprint density at radius 3 is 2.63 bits per heavy atom. The van der Waals surface area contributed by atoms with E-state index in [9.17, 15) is 4.79 Å². The van der Waals surface area contributed by atoms with Crippen LogP contribution in [0.1, 0.15) is 45.8 Å². The third-order valence-electron chi connectivity index (χ3n) is 4.86. The van der Waals surface area contributed by atoms with Gasteiger partial charge < -0.3 is 21.5 Å². The predicted octanol–water partition coefficient (Wildman–Crippen LogP) is 2.16. The van der Waals surface area contributed by atoms with Crippen molar-refractivity contribution < 1.29 is 9.53 Å². The standard InChI is InChI=1S/C21H26N4O2/c22-10-1-2-14-3-5-15(6-4-14)21(26)25-11-9-17-13-27-19-8-7-16(20(23)24)12-18(17)19/h3-8,12,17H,1-2,9-11,13,22H2,(H3,23,24)(H,25,26). The molecule has 0 saturated carbocycles.